The number of nitrogens with zero attached hydrogens (tertiary/aromatic N) is 1. The molecule has 0 aliphatic carbocycles. The lowest BCUT2D eigenvalue weighted by Crippen LogP contribution is -2.55. The maximum Gasteiger partial charge on any atom is 0.408 e. The number of aromatic hydroxyl groups is 1. The summed E-state index contributed by atoms with van der Waals surface area (Å²) in [6.45, 7) is 14.0. The number of carbonyl (C=O) groups excluding carboxylic acids is 3. The second-order valence-corrected chi connectivity index (χ2v) is 10.6. The Balaban J connectivity index is 3.37. The molecule has 8 heteroatoms. The summed E-state index contributed by atoms with van der Waals surface area (Å²) in [5.74, 6) is -0.765. The standard InChI is InChI=1S/C28H47N3O5/c1-8-10-12-18-29-25(33)24(21-14-16-22(32)17-15-21)31(19-13-11-9-2)26(34)23(20(3)4)30-27(35)36-28(5,6)7/h14-17,20,23-24,32H,8-13,18-19H2,1-7H3,(H,29,33)(H,30,35). The molecule has 3 amide bonds. The Bertz CT molecular complexity index is 817. The maximum atomic E-state index is 14.0. The first-order chi connectivity index (χ1) is 16.9. The SMILES string of the molecule is CCCCCNC(=O)C(c1ccc(O)cc1)N(CCCCC)C(=O)C(NC(=O)OC(C)(C)C)C(C)C. The highest BCUT2D eigenvalue weighted by molar-refractivity contribution is 5.92. The van der Waals surface area contributed by atoms with E-state index in [0.717, 1.165) is 38.5 Å². The third-order valence-electron chi connectivity index (χ3n) is 5.74. The van der Waals surface area contributed by atoms with Gasteiger partial charge < -0.3 is 25.4 Å². The summed E-state index contributed by atoms with van der Waals surface area (Å²) < 4.78 is 5.40. The second kappa shape index (κ2) is 15.4. The Labute approximate surface area is 217 Å². The Hall–Kier alpha value is -2.77. The molecule has 0 bridgehead atoms. The predicted octanol–water partition coefficient (Wildman–Crippen LogP) is 5.31. The second-order valence-electron chi connectivity index (χ2n) is 10.6. The number of phenolic OH excluding ortho intramolecular Hbond substituents is 1. The molecule has 3 N–H and O–H groups in total. The fourth-order valence-electron chi connectivity index (χ4n) is 3.84. The third kappa shape index (κ3) is 10.9. The van der Waals surface area contributed by atoms with Crippen LogP contribution in [0.4, 0.5) is 4.79 Å². The van der Waals surface area contributed by atoms with Crippen molar-refractivity contribution in [3.63, 3.8) is 0 Å². The van der Waals surface area contributed by atoms with Gasteiger partial charge in [-0.15, -0.1) is 0 Å². The normalized spacial score (nSPS) is 13.1. The monoisotopic (exact) mass is 505 g/mol. The number of nitrogens with one attached hydrogen (secondary N) is 2. The van der Waals surface area contributed by atoms with Crippen molar-refractivity contribution in [3.8, 4) is 5.75 Å². The van der Waals surface area contributed by atoms with Crippen molar-refractivity contribution in [1.82, 2.24) is 15.5 Å². The van der Waals surface area contributed by atoms with Crippen LogP contribution in [-0.2, 0) is 14.3 Å². The number of amides is 3. The van der Waals surface area contributed by atoms with Gasteiger partial charge in [-0.3, -0.25) is 9.59 Å². The molecule has 0 radical (unpaired) electrons. The highest BCUT2D eigenvalue weighted by Gasteiger charge is 2.37. The van der Waals surface area contributed by atoms with Crippen LogP contribution >= 0.6 is 0 Å². The van der Waals surface area contributed by atoms with Crippen LogP contribution in [0.2, 0.25) is 0 Å². The lowest BCUT2D eigenvalue weighted by molar-refractivity contribution is -0.143. The number of alkyl carbamates (subject to hydrolysis) is 1. The molecule has 0 aromatic heterocycles. The summed E-state index contributed by atoms with van der Waals surface area (Å²) in [6.07, 6.45) is 4.78. The zero-order valence-electron chi connectivity index (χ0n) is 23.2. The topological polar surface area (TPSA) is 108 Å². The van der Waals surface area contributed by atoms with E-state index in [4.69, 9.17) is 4.74 Å². The van der Waals surface area contributed by atoms with Gasteiger partial charge in [0.2, 0.25) is 11.8 Å². The average Bonchev–Trinajstić information content (AvgIpc) is 2.79. The van der Waals surface area contributed by atoms with E-state index in [-0.39, 0.29) is 23.5 Å². The molecule has 0 saturated carbocycles. The molecule has 0 aliphatic rings. The number of benzene rings is 1. The largest absolute Gasteiger partial charge is 0.508 e. The number of hydrogen-bond acceptors (Lipinski definition) is 5. The molecule has 1 aromatic rings. The average molecular weight is 506 g/mol. The van der Waals surface area contributed by atoms with Crippen molar-refractivity contribution in [2.75, 3.05) is 13.1 Å². The minimum atomic E-state index is -0.890. The summed E-state index contributed by atoms with van der Waals surface area (Å²) in [4.78, 5) is 41.6. The van der Waals surface area contributed by atoms with Gasteiger partial charge in [0.15, 0.2) is 0 Å². The molecular formula is C28H47N3O5. The van der Waals surface area contributed by atoms with E-state index in [9.17, 15) is 19.5 Å². The molecule has 2 atom stereocenters. The predicted molar refractivity (Wildman–Crippen MR) is 143 cm³/mol. The molecule has 1 rings (SSSR count). The van der Waals surface area contributed by atoms with Crippen LogP contribution < -0.4 is 10.6 Å². The minimum absolute atomic E-state index is 0.0800. The first-order valence-corrected chi connectivity index (χ1v) is 13.3. The van der Waals surface area contributed by atoms with Gasteiger partial charge in [-0.1, -0.05) is 65.5 Å². The van der Waals surface area contributed by atoms with Gasteiger partial charge >= 0.3 is 6.09 Å². The molecule has 0 fully saturated rings. The van der Waals surface area contributed by atoms with Gasteiger partial charge in [0.1, 0.15) is 23.4 Å². The number of carbonyl (C=O) groups is 3. The smallest absolute Gasteiger partial charge is 0.408 e. The van der Waals surface area contributed by atoms with E-state index in [1.165, 1.54) is 12.1 Å². The summed E-state index contributed by atoms with van der Waals surface area (Å²) in [5.41, 5.74) is -0.104. The molecule has 36 heavy (non-hydrogen) atoms. The van der Waals surface area contributed by atoms with Crippen LogP contribution in [0.5, 0.6) is 5.75 Å². The summed E-state index contributed by atoms with van der Waals surface area (Å²) >= 11 is 0. The molecule has 0 saturated heterocycles. The third-order valence-corrected chi connectivity index (χ3v) is 5.74. The fourth-order valence-corrected chi connectivity index (χ4v) is 3.84. The van der Waals surface area contributed by atoms with Gasteiger partial charge in [-0.2, -0.15) is 0 Å². The maximum absolute atomic E-state index is 14.0. The van der Waals surface area contributed by atoms with Crippen molar-refractivity contribution in [2.24, 2.45) is 5.92 Å². The summed E-state index contributed by atoms with van der Waals surface area (Å²) in [6, 6.07) is 4.60. The van der Waals surface area contributed by atoms with Crippen molar-refractivity contribution >= 4 is 17.9 Å². The van der Waals surface area contributed by atoms with Crippen LogP contribution in [-0.4, -0.2) is 52.6 Å². The lowest BCUT2D eigenvalue weighted by Gasteiger charge is -2.35. The van der Waals surface area contributed by atoms with Gasteiger partial charge in [0.05, 0.1) is 0 Å². The fraction of sp³-hybridized carbons (Fsp3) is 0.679. The molecule has 0 spiro atoms. The van der Waals surface area contributed by atoms with Gasteiger partial charge in [0, 0.05) is 13.1 Å². The number of unbranched alkanes of at least 4 members (excludes halogenated alkanes) is 4. The molecular weight excluding hydrogens is 458 g/mol. The van der Waals surface area contributed by atoms with Crippen molar-refractivity contribution in [1.29, 1.82) is 0 Å². The zero-order valence-corrected chi connectivity index (χ0v) is 23.2. The summed E-state index contributed by atoms with van der Waals surface area (Å²) in [5, 5.41) is 15.5. The molecule has 0 aliphatic heterocycles. The summed E-state index contributed by atoms with van der Waals surface area (Å²) in [7, 11) is 0. The number of rotatable bonds is 14. The van der Waals surface area contributed by atoms with Gasteiger partial charge in [0.25, 0.3) is 0 Å². The number of ether oxygens (including phenoxy) is 1. The Morgan fingerprint density at radius 1 is 0.972 bits per heavy atom. The minimum Gasteiger partial charge on any atom is -0.508 e. The Kier molecular flexibility index (Phi) is 13.3. The van der Waals surface area contributed by atoms with Crippen molar-refractivity contribution in [2.45, 2.75) is 105 Å². The molecule has 2 unspecified atom stereocenters. The highest BCUT2D eigenvalue weighted by Crippen LogP contribution is 2.26. The quantitative estimate of drug-likeness (QED) is 0.297. The van der Waals surface area contributed by atoms with Crippen molar-refractivity contribution in [3.05, 3.63) is 29.8 Å². The molecule has 204 valence electrons. The van der Waals surface area contributed by atoms with E-state index < -0.39 is 23.8 Å². The Morgan fingerprint density at radius 2 is 1.56 bits per heavy atom. The van der Waals surface area contributed by atoms with Crippen LogP contribution in [0.3, 0.4) is 0 Å². The molecule has 0 heterocycles. The number of hydrogen-bond donors (Lipinski definition) is 3. The van der Waals surface area contributed by atoms with Crippen LogP contribution in [0.1, 0.15) is 98.6 Å². The van der Waals surface area contributed by atoms with E-state index in [1.807, 2.05) is 13.8 Å². The first kappa shape index (κ1) is 31.3. The Morgan fingerprint density at radius 3 is 2.08 bits per heavy atom. The molecule has 8 nitrogen and oxygen atoms in total. The van der Waals surface area contributed by atoms with Crippen molar-refractivity contribution < 1.29 is 24.2 Å². The lowest BCUT2D eigenvalue weighted by atomic mass is 9.98. The van der Waals surface area contributed by atoms with E-state index in [1.54, 1.807) is 37.8 Å². The van der Waals surface area contributed by atoms with Gasteiger partial charge in [-0.05, 0) is 57.2 Å². The van der Waals surface area contributed by atoms with Gasteiger partial charge in [-0.25, -0.2) is 4.79 Å². The zero-order chi connectivity index (χ0) is 27.3. The van der Waals surface area contributed by atoms with Crippen LogP contribution in [0.25, 0.3) is 0 Å². The highest BCUT2D eigenvalue weighted by atomic mass is 16.6. The van der Waals surface area contributed by atoms with Crippen LogP contribution in [0.15, 0.2) is 24.3 Å². The first-order valence-electron chi connectivity index (χ1n) is 13.3. The van der Waals surface area contributed by atoms with E-state index in [2.05, 4.69) is 24.5 Å². The molecule has 1 aromatic carbocycles. The number of phenols is 1. The van der Waals surface area contributed by atoms with E-state index in [0.29, 0.717) is 18.7 Å². The van der Waals surface area contributed by atoms with Crippen LogP contribution in [0, 0.1) is 5.92 Å². The van der Waals surface area contributed by atoms with E-state index >= 15 is 0 Å².